The fourth-order valence-electron chi connectivity index (χ4n) is 2.63. The number of aliphatic hydroxyl groups is 1. The van der Waals surface area contributed by atoms with Crippen LogP contribution in [0, 0.1) is 11.6 Å². The van der Waals surface area contributed by atoms with Crippen LogP contribution in [0.2, 0.25) is 0 Å². The van der Waals surface area contributed by atoms with Crippen molar-refractivity contribution in [3.8, 4) is 0 Å². The molecule has 24 heavy (non-hydrogen) atoms. The topological polar surface area (TPSA) is 75.3 Å². The van der Waals surface area contributed by atoms with Crippen LogP contribution in [0.25, 0.3) is 5.65 Å². The van der Waals surface area contributed by atoms with Crippen molar-refractivity contribution in [2.24, 2.45) is 0 Å². The fourth-order valence-corrected chi connectivity index (χ4v) is 2.63. The lowest BCUT2D eigenvalue weighted by Gasteiger charge is -2.14. The molecule has 1 unspecified atom stereocenters. The summed E-state index contributed by atoms with van der Waals surface area (Å²) in [7, 11) is 0. The third kappa shape index (κ3) is 2.69. The normalized spacial score (nSPS) is 15.6. The Bertz CT molecular complexity index is 873. The molecule has 0 amide bonds. The maximum Gasteiger partial charge on any atom is 0.178 e. The van der Waals surface area contributed by atoms with E-state index in [0.717, 1.165) is 30.8 Å². The lowest BCUT2D eigenvalue weighted by Crippen LogP contribution is -2.16. The maximum atomic E-state index is 13.7. The van der Waals surface area contributed by atoms with Crippen LogP contribution in [0.5, 0.6) is 0 Å². The van der Waals surface area contributed by atoms with E-state index in [1.807, 2.05) is 0 Å². The quantitative estimate of drug-likeness (QED) is 0.751. The van der Waals surface area contributed by atoms with Crippen molar-refractivity contribution in [1.29, 1.82) is 0 Å². The van der Waals surface area contributed by atoms with Crippen molar-refractivity contribution in [3.63, 3.8) is 0 Å². The number of hydrogen-bond acceptors (Lipinski definition) is 5. The highest BCUT2D eigenvalue weighted by Crippen LogP contribution is 2.38. The number of benzene rings is 1. The Hall–Kier alpha value is -2.61. The van der Waals surface area contributed by atoms with Gasteiger partial charge in [-0.15, -0.1) is 15.3 Å². The first kappa shape index (κ1) is 14.9. The number of nitrogens with one attached hydrogen (secondary N) is 1. The van der Waals surface area contributed by atoms with E-state index < -0.39 is 17.7 Å². The van der Waals surface area contributed by atoms with Crippen molar-refractivity contribution in [2.45, 2.75) is 24.9 Å². The number of aliphatic hydroxyl groups excluding tert-OH is 1. The van der Waals surface area contributed by atoms with Gasteiger partial charge in [-0.05, 0) is 37.1 Å². The highest BCUT2D eigenvalue weighted by molar-refractivity contribution is 5.44. The average molecular weight is 331 g/mol. The minimum absolute atomic E-state index is 0.0722. The Morgan fingerprint density at radius 3 is 2.62 bits per heavy atom. The summed E-state index contributed by atoms with van der Waals surface area (Å²) in [6.07, 6.45) is 0.823. The molecule has 1 saturated carbocycles. The average Bonchev–Trinajstić information content (AvgIpc) is 3.32. The molecule has 0 radical (unpaired) electrons. The molecule has 2 aromatic heterocycles. The monoisotopic (exact) mass is 331 g/mol. The number of aromatic nitrogens is 4. The molecular formula is C16H15F2N5O. The third-order valence-electron chi connectivity index (χ3n) is 4.04. The minimum atomic E-state index is -1.33. The van der Waals surface area contributed by atoms with Gasteiger partial charge in [-0.1, -0.05) is 6.07 Å². The predicted octanol–water partition coefficient (Wildman–Crippen LogP) is 2.43. The fraction of sp³-hybridized carbons (Fsp3) is 0.312. The molecule has 0 aliphatic heterocycles. The van der Waals surface area contributed by atoms with E-state index in [0.29, 0.717) is 17.4 Å². The third-order valence-corrected chi connectivity index (χ3v) is 4.04. The van der Waals surface area contributed by atoms with Crippen molar-refractivity contribution in [1.82, 2.24) is 19.8 Å². The van der Waals surface area contributed by atoms with Gasteiger partial charge in [-0.2, -0.15) is 4.52 Å². The van der Waals surface area contributed by atoms with E-state index in [2.05, 4.69) is 20.6 Å². The lowest BCUT2D eigenvalue weighted by molar-refractivity contribution is 0.181. The summed E-state index contributed by atoms with van der Waals surface area (Å²) in [5.74, 6) is 0.125. The van der Waals surface area contributed by atoms with Crippen LogP contribution in [0.4, 0.5) is 14.6 Å². The highest BCUT2D eigenvalue weighted by atomic mass is 19.1. The second kappa shape index (κ2) is 5.79. The molecule has 1 fully saturated rings. The Morgan fingerprint density at radius 2 is 1.92 bits per heavy atom. The van der Waals surface area contributed by atoms with E-state index in [-0.39, 0.29) is 12.1 Å². The number of rotatable bonds is 5. The van der Waals surface area contributed by atoms with Gasteiger partial charge >= 0.3 is 0 Å². The van der Waals surface area contributed by atoms with Crippen LogP contribution in [0.3, 0.4) is 0 Å². The molecule has 8 heteroatoms. The number of hydrogen-bond donors (Lipinski definition) is 2. The molecule has 6 nitrogen and oxygen atoms in total. The van der Waals surface area contributed by atoms with Crippen LogP contribution in [0.15, 0.2) is 30.3 Å². The first-order valence-corrected chi connectivity index (χ1v) is 7.71. The number of fused-ring (bicyclic) bond motifs is 1. The molecule has 1 atom stereocenters. The summed E-state index contributed by atoms with van der Waals surface area (Å²) in [5, 5.41) is 25.6. The largest absolute Gasteiger partial charge is 0.386 e. The van der Waals surface area contributed by atoms with Crippen molar-refractivity contribution in [3.05, 3.63) is 53.4 Å². The van der Waals surface area contributed by atoms with Gasteiger partial charge in [0.2, 0.25) is 0 Å². The molecule has 1 aromatic carbocycles. The molecule has 2 heterocycles. The van der Waals surface area contributed by atoms with E-state index in [9.17, 15) is 13.9 Å². The Labute approximate surface area is 136 Å². The SMILES string of the molecule is OC(CNc1ccc2nnc(C3CC3)n2n1)c1c(F)cccc1F. The van der Waals surface area contributed by atoms with Crippen LogP contribution >= 0.6 is 0 Å². The van der Waals surface area contributed by atoms with Crippen LogP contribution in [-0.4, -0.2) is 31.5 Å². The zero-order chi connectivity index (χ0) is 16.7. The Morgan fingerprint density at radius 1 is 1.17 bits per heavy atom. The van der Waals surface area contributed by atoms with E-state index >= 15 is 0 Å². The molecule has 2 N–H and O–H groups in total. The van der Waals surface area contributed by atoms with Gasteiger partial charge in [0.15, 0.2) is 11.5 Å². The van der Waals surface area contributed by atoms with Gasteiger partial charge in [-0.25, -0.2) is 8.78 Å². The molecule has 124 valence electrons. The second-order valence-corrected chi connectivity index (χ2v) is 5.85. The predicted molar refractivity (Wildman–Crippen MR) is 82.6 cm³/mol. The first-order chi connectivity index (χ1) is 11.6. The second-order valence-electron chi connectivity index (χ2n) is 5.85. The lowest BCUT2D eigenvalue weighted by atomic mass is 10.1. The molecule has 1 aliphatic carbocycles. The highest BCUT2D eigenvalue weighted by Gasteiger charge is 2.29. The van der Waals surface area contributed by atoms with Gasteiger partial charge in [0.05, 0.1) is 5.56 Å². The molecule has 0 spiro atoms. The molecule has 3 aromatic rings. The molecular weight excluding hydrogens is 316 g/mol. The maximum absolute atomic E-state index is 13.7. The van der Waals surface area contributed by atoms with E-state index in [1.165, 1.54) is 6.07 Å². The van der Waals surface area contributed by atoms with Gasteiger partial charge in [0.1, 0.15) is 23.6 Å². The molecule has 0 saturated heterocycles. The summed E-state index contributed by atoms with van der Waals surface area (Å²) < 4.78 is 29.0. The van der Waals surface area contributed by atoms with Gasteiger partial charge in [0, 0.05) is 12.5 Å². The van der Waals surface area contributed by atoms with E-state index in [1.54, 1.807) is 16.6 Å². The van der Waals surface area contributed by atoms with Crippen molar-refractivity contribution < 1.29 is 13.9 Å². The number of halogens is 2. The van der Waals surface area contributed by atoms with Crippen molar-refractivity contribution >= 4 is 11.5 Å². The molecule has 4 rings (SSSR count). The summed E-state index contributed by atoms with van der Waals surface area (Å²) in [5.41, 5.74) is 0.289. The van der Waals surface area contributed by atoms with Gasteiger partial charge in [0.25, 0.3) is 0 Å². The Balaban J connectivity index is 1.53. The number of nitrogens with zero attached hydrogens (tertiary/aromatic N) is 4. The summed E-state index contributed by atoms with van der Waals surface area (Å²) in [6.45, 7) is -0.0722. The van der Waals surface area contributed by atoms with Crippen molar-refractivity contribution in [2.75, 3.05) is 11.9 Å². The zero-order valence-electron chi connectivity index (χ0n) is 12.7. The van der Waals surface area contributed by atoms with E-state index in [4.69, 9.17) is 0 Å². The van der Waals surface area contributed by atoms with Crippen LogP contribution < -0.4 is 5.32 Å². The summed E-state index contributed by atoms with van der Waals surface area (Å²) in [6, 6.07) is 6.93. The summed E-state index contributed by atoms with van der Waals surface area (Å²) >= 11 is 0. The van der Waals surface area contributed by atoms with Crippen LogP contribution in [0.1, 0.15) is 36.3 Å². The summed E-state index contributed by atoms with van der Waals surface area (Å²) in [4.78, 5) is 0. The number of anilines is 1. The molecule has 0 bridgehead atoms. The van der Waals surface area contributed by atoms with Crippen LogP contribution in [-0.2, 0) is 0 Å². The van der Waals surface area contributed by atoms with Gasteiger partial charge < -0.3 is 10.4 Å². The Kier molecular flexibility index (Phi) is 3.61. The first-order valence-electron chi connectivity index (χ1n) is 7.71. The standard InChI is InChI=1S/C16H15F2N5O/c17-10-2-1-3-11(18)15(10)12(24)8-19-13-6-7-14-20-21-16(9-4-5-9)23(14)22-13/h1-3,6-7,9,12,24H,4-5,8H2,(H,19,22). The minimum Gasteiger partial charge on any atom is -0.386 e. The zero-order valence-corrected chi connectivity index (χ0v) is 12.7. The smallest absolute Gasteiger partial charge is 0.178 e. The van der Waals surface area contributed by atoms with Gasteiger partial charge in [-0.3, -0.25) is 0 Å². The molecule has 1 aliphatic rings.